The highest BCUT2D eigenvalue weighted by Crippen LogP contribution is 2.36. The van der Waals surface area contributed by atoms with Crippen LogP contribution in [0.3, 0.4) is 0 Å². The summed E-state index contributed by atoms with van der Waals surface area (Å²) < 4.78 is 0. The maximum absolute atomic E-state index is 11.5. The minimum absolute atomic E-state index is 0.308. The summed E-state index contributed by atoms with van der Waals surface area (Å²) >= 11 is 0. The van der Waals surface area contributed by atoms with E-state index in [2.05, 4.69) is 55.5 Å². The molecule has 0 heterocycles. The summed E-state index contributed by atoms with van der Waals surface area (Å²) in [4.78, 5) is 11.5. The molecule has 2 aromatic rings. The summed E-state index contributed by atoms with van der Waals surface area (Å²) in [6.07, 6.45) is 6.76. The summed E-state index contributed by atoms with van der Waals surface area (Å²) in [6, 6.07) is 18.0. The van der Waals surface area contributed by atoms with Crippen LogP contribution in [-0.2, 0) is 11.2 Å². The summed E-state index contributed by atoms with van der Waals surface area (Å²) in [5, 5.41) is 0. The number of aryl methyl sites for hydroxylation is 1. The van der Waals surface area contributed by atoms with Crippen molar-refractivity contribution in [1.82, 2.24) is 0 Å². The van der Waals surface area contributed by atoms with E-state index in [0.717, 1.165) is 32.1 Å². The van der Waals surface area contributed by atoms with Crippen molar-refractivity contribution in [3.05, 3.63) is 59.7 Å². The topological polar surface area (TPSA) is 17.1 Å². The van der Waals surface area contributed by atoms with Gasteiger partial charge in [-0.05, 0) is 67.2 Å². The highest BCUT2D eigenvalue weighted by atomic mass is 16.1. The number of carbonyl (C=O) groups is 1. The fourth-order valence-corrected chi connectivity index (χ4v) is 3.93. The minimum Gasteiger partial charge on any atom is -0.300 e. The van der Waals surface area contributed by atoms with Crippen LogP contribution in [0.15, 0.2) is 48.5 Å². The van der Waals surface area contributed by atoms with Crippen LogP contribution in [0.25, 0.3) is 11.1 Å². The standard InChI is InChI=1S/C23H28O/c1-3-4-18-5-7-20(8-6-18)22-13-15-23(16-14-22)21-11-9-19(10-12-21)17(2)24/h5-8,13-16,19,21H,3-4,9-12H2,1-2H3. The molecule has 0 saturated heterocycles. The molecule has 0 amide bonds. The number of carbonyl (C=O) groups excluding carboxylic acids is 1. The quantitative estimate of drug-likeness (QED) is 0.644. The van der Waals surface area contributed by atoms with Crippen LogP contribution in [0, 0.1) is 5.92 Å². The van der Waals surface area contributed by atoms with Crippen molar-refractivity contribution in [2.75, 3.05) is 0 Å². The molecule has 0 radical (unpaired) electrons. The van der Waals surface area contributed by atoms with Gasteiger partial charge in [0.15, 0.2) is 0 Å². The Kier molecular flexibility index (Phi) is 5.50. The summed E-state index contributed by atoms with van der Waals surface area (Å²) in [5.74, 6) is 1.30. The van der Waals surface area contributed by atoms with Crippen molar-refractivity contribution in [1.29, 1.82) is 0 Å². The molecule has 1 saturated carbocycles. The van der Waals surface area contributed by atoms with Gasteiger partial charge in [-0.25, -0.2) is 0 Å². The molecule has 1 aliphatic carbocycles. The van der Waals surface area contributed by atoms with Gasteiger partial charge in [0.2, 0.25) is 0 Å². The number of Topliss-reactive ketones (excluding diaryl/α,β-unsaturated/α-hetero) is 1. The molecule has 1 aliphatic rings. The zero-order valence-electron chi connectivity index (χ0n) is 14.9. The molecule has 126 valence electrons. The molecule has 0 aliphatic heterocycles. The van der Waals surface area contributed by atoms with Crippen LogP contribution in [0.2, 0.25) is 0 Å². The van der Waals surface area contributed by atoms with Crippen molar-refractivity contribution in [3.63, 3.8) is 0 Å². The molecule has 1 fully saturated rings. The summed E-state index contributed by atoms with van der Waals surface area (Å²) in [7, 11) is 0. The van der Waals surface area contributed by atoms with Crippen LogP contribution in [-0.4, -0.2) is 5.78 Å². The molecule has 1 nitrogen and oxygen atoms in total. The summed E-state index contributed by atoms with van der Waals surface area (Å²) in [5.41, 5.74) is 5.43. The van der Waals surface area contributed by atoms with E-state index in [0.29, 0.717) is 17.6 Å². The molecule has 3 rings (SSSR count). The molecule has 0 bridgehead atoms. The lowest BCUT2D eigenvalue weighted by Gasteiger charge is -2.27. The van der Waals surface area contributed by atoms with Gasteiger partial charge >= 0.3 is 0 Å². The van der Waals surface area contributed by atoms with Crippen LogP contribution < -0.4 is 0 Å². The number of ketones is 1. The van der Waals surface area contributed by atoms with Crippen molar-refractivity contribution in [2.24, 2.45) is 5.92 Å². The molecule has 0 aromatic heterocycles. The van der Waals surface area contributed by atoms with Crippen molar-refractivity contribution in [3.8, 4) is 11.1 Å². The number of hydrogen-bond acceptors (Lipinski definition) is 1. The SMILES string of the molecule is CCCc1ccc(-c2ccc(C3CCC(C(C)=O)CC3)cc2)cc1. The molecule has 2 aromatic carbocycles. The normalized spacial score (nSPS) is 20.8. The molecule has 0 N–H and O–H groups in total. The van der Waals surface area contributed by atoms with Gasteiger partial charge in [-0.3, -0.25) is 4.79 Å². The zero-order chi connectivity index (χ0) is 16.9. The van der Waals surface area contributed by atoms with Crippen molar-refractivity contribution >= 4 is 5.78 Å². The van der Waals surface area contributed by atoms with E-state index >= 15 is 0 Å². The number of hydrogen-bond donors (Lipinski definition) is 0. The van der Waals surface area contributed by atoms with Gasteiger partial charge < -0.3 is 0 Å². The molecule has 24 heavy (non-hydrogen) atoms. The average Bonchev–Trinajstić information content (AvgIpc) is 2.63. The first-order valence-corrected chi connectivity index (χ1v) is 9.37. The average molecular weight is 320 g/mol. The Hall–Kier alpha value is -1.89. The molecular weight excluding hydrogens is 292 g/mol. The van der Waals surface area contributed by atoms with Gasteiger partial charge in [0.1, 0.15) is 5.78 Å². The Balaban J connectivity index is 1.66. The van der Waals surface area contributed by atoms with Crippen LogP contribution >= 0.6 is 0 Å². The van der Waals surface area contributed by atoms with Crippen LogP contribution in [0.4, 0.5) is 0 Å². The van der Waals surface area contributed by atoms with Gasteiger partial charge in [0.25, 0.3) is 0 Å². The first kappa shape index (κ1) is 17.0. The smallest absolute Gasteiger partial charge is 0.132 e. The van der Waals surface area contributed by atoms with E-state index in [-0.39, 0.29) is 0 Å². The predicted molar refractivity (Wildman–Crippen MR) is 101 cm³/mol. The second-order valence-corrected chi connectivity index (χ2v) is 7.23. The molecule has 1 heteroatoms. The Morgan fingerprint density at radius 1 is 0.875 bits per heavy atom. The third-order valence-electron chi connectivity index (χ3n) is 5.51. The van der Waals surface area contributed by atoms with E-state index < -0.39 is 0 Å². The van der Waals surface area contributed by atoms with E-state index in [1.54, 1.807) is 6.92 Å². The van der Waals surface area contributed by atoms with Crippen LogP contribution in [0.1, 0.15) is 63.0 Å². The van der Waals surface area contributed by atoms with Crippen molar-refractivity contribution in [2.45, 2.75) is 58.3 Å². The van der Waals surface area contributed by atoms with E-state index in [1.165, 1.54) is 28.7 Å². The fourth-order valence-electron chi connectivity index (χ4n) is 3.93. The minimum atomic E-state index is 0.308. The van der Waals surface area contributed by atoms with Gasteiger partial charge in [-0.2, -0.15) is 0 Å². The Labute approximate surface area is 146 Å². The Morgan fingerprint density at radius 3 is 1.92 bits per heavy atom. The monoisotopic (exact) mass is 320 g/mol. The first-order chi connectivity index (χ1) is 11.7. The lowest BCUT2D eigenvalue weighted by molar-refractivity contribution is -0.121. The molecule has 0 unspecified atom stereocenters. The Morgan fingerprint density at radius 2 is 1.42 bits per heavy atom. The zero-order valence-corrected chi connectivity index (χ0v) is 14.9. The van der Waals surface area contributed by atoms with Gasteiger partial charge in [-0.15, -0.1) is 0 Å². The lowest BCUT2D eigenvalue weighted by Crippen LogP contribution is -2.18. The van der Waals surface area contributed by atoms with E-state index in [4.69, 9.17) is 0 Å². The van der Waals surface area contributed by atoms with E-state index in [9.17, 15) is 4.79 Å². The first-order valence-electron chi connectivity index (χ1n) is 9.37. The summed E-state index contributed by atoms with van der Waals surface area (Å²) in [6.45, 7) is 3.96. The van der Waals surface area contributed by atoms with Crippen LogP contribution in [0.5, 0.6) is 0 Å². The predicted octanol–water partition coefficient (Wildman–Crippen LogP) is 6.17. The number of benzene rings is 2. The molecular formula is C23H28O. The lowest BCUT2D eigenvalue weighted by atomic mass is 9.77. The largest absolute Gasteiger partial charge is 0.300 e. The van der Waals surface area contributed by atoms with E-state index in [1.807, 2.05) is 0 Å². The van der Waals surface area contributed by atoms with Gasteiger partial charge in [0, 0.05) is 5.92 Å². The highest BCUT2D eigenvalue weighted by Gasteiger charge is 2.24. The van der Waals surface area contributed by atoms with Gasteiger partial charge in [-0.1, -0.05) is 61.9 Å². The maximum Gasteiger partial charge on any atom is 0.132 e. The molecule has 0 atom stereocenters. The van der Waals surface area contributed by atoms with Crippen molar-refractivity contribution < 1.29 is 4.79 Å². The molecule has 0 spiro atoms. The third kappa shape index (κ3) is 3.95. The maximum atomic E-state index is 11.5. The van der Waals surface area contributed by atoms with Gasteiger partial charge in [0.05, 0.1) is 0 Å². The Bertz CT molecular complexity index is 658. The second kappa shape index (κ2) is 7.79. The highest BCUT2D eigenvalue weighted by molar-refractivity contribution is 5.78. The fraction of sp³-hybridized carbons (Fsp3) is 0.435. The second-order valence-electron chi connectivity index (χ2n) is 7.23. The third-order valence-corrected chi connectivity index (χ3v) is 5.51. The number of rotatable bonds is 5.